The zero-order chi connectivity index (χ0) is 19.3. The van der Waals surface area contributed by atoms with Crippen LogP contribution in [0.3, 0.4) is 0 Å². The summed E-state index contributed by atoms with van der Waals surface area (Å²) in [5.41, 5.74) is 2.90. The molecule has 0 fully saturated rings. The van der Waals surface area contributed by atoms with Gasteiger partial charge in [0.15, 0.2) is 0 Å². The van der Waals surface area contributed by atoms with Crippen LogP contribution in [0.25, 0.3) is 0 Å². The number of aromatic hydroxyl groups is 1. The van der Waals surface area contributed by atoms with Crippen molar-refractivity contribution < 1.29 is 14.8 Å². The fourth-order valence-electron chi connectivity index (χ4n) is 1.81. The molecule has 0 aliphatic carbocycles. The van der Waals surface area contributed by atoms with Gasteiger partial charge in [-0.1, -0.05) is 0 Å². The predicted molar refractivity (Wildman–Crippen MR) is 109 cm³/mol. The number of hydrogen-bond acceptors (Lipinski definition) is 6. The Morgan fingerprint density at radius 3 is 2.58 bits per heavy atom. The molecule has 0 saturated carbocycles. The summed E-state index contributed by atoms with van der Waals surface area (Å²) < 4.78 is 2.45. The van der Waals surface area contributed by atoms with Crippen molar-refractivity contribution in [3.05, 3.63) is 59.4 Å². The number of halogens is 3. The summed E-state index contributed by atoms with van der Waals surface area (Å²) in [6, 6.07) is 7.13. The standard InChI is InChI=1S/C15H11Br3N4O4/c16-10-4-12(18)13(5-11(10)17)19-7-15(24)21-20-6-8-3-9(22(25)26)1-2-14(8)23/h1-6,19,23H,7H2,(H,21,24)/b20-6-. The molecule has 0 aliphatic heterocycles. The van der Waals surface area contributed by atoms with E-state index in [2.05, 4.69) is 63.6 Å². The molecule has 136 valence electrons. The van der Waals surface area contributed by atoms with E-state index in [0.717, 1.165) is 25.7 Å². The third-order valence-corrected chi connectivity index (χ3v) is 5.56. The number of phenolic OH excluding ortho intramolecular Hbond substituents is 1. The second-order valence-corrected chi connectivity index (χ2v) is 7.46. The van der Waals surface area contributed by atoms with Crippen molar-refractivity contribution in [1.29, 1.82) is 0 Å². The number of rotatable bonds is 6. The second kappa shape index (κ2) is 9.10. The van der Waals surface area contributed by atoms with E-state index in [0.29, 0.717) is 5.69 Å². The Hall–Kier alpha value is -1.98. The summed E-state index contributed by atoms with van der Waals surface area (Å²) in [6.07, 6.45) is 1.13. The van der Waals surface area contributed by atoms with Gasteiger partial charge >= 0.3 is 0 Å². The Labute approximate surface area is 173 Å². The first kappa shape index (κ1) is 20.3. The summed E-state index contributed by atoms with van der Waals surface area (Å²) in [6.45, 7) is -0.0507. The monoisotopic (exact) mass is 548 g/mol. The van der Waals surface area contributed by atoms with E-state index in [1.54, 1.807) is 6.07 Å². The Morgan fingerprint density at radius 2 is 1.88 bits per heavy atom. The minimum absolute atomic E-state index is 0.0507. The lowest BCUT2D eigenvalue weighted by molar-refractivity contribution is -0.384. The molecule has 0 heterocycles. The van der Waals surface area contributed by atoms with Crippen LogP contribution in [-0.4, -0.2) is 28.7 Å². The zero-order valence-corrected chi connectivity index (χ0v) is 17.6. The zero-order valence-electron chi connectivity index (χ0n) is 12.9. The van der Waals surface area contributed by atoms with Gasteiger partial charge in [0.2, 0.25) is 0 Å². The van der Waals surface area contributed by atoms with Gasteiger partial charge in [-0.25, -0.2) is 5.43 Å². The van der Waals surface area contributed by atoms with Crippen LogP contribution in [0.2, 0.25) is 0 Å². The highest BCUT2D eigenvalue weighted by atomic mass is 79.9. The maximum atomic E-state index is 11.8. The van der Waals surface area contributed by atoms with Gasteiger partial charge in [0, 0.05) is 31.1 Å². The van der Waals surface area contributed by atoms with Crippen molar-refractivity contribution >= 4 is 71.3 Å². The summed E-state index contributed by atoms with van der Waals surface area (Å²) in [4.78, 5) is 22.0. The van der Waals surface area contributed by atoms with Gasteiger partial charge in [0.1, 0.15) is 5.75 Å². The van der Waals surface area contributed by atoms with Crippen LogP contribution in [-0.2, 0) is 4.79 Å². The Morgan fingerprint density at radius 1 is 1.19 bits per heavy atom. The average Bonchev–Trinajstić information content (AvgIpc) is 2.58. The number of phenols is 1. The maximum absolute atomic E-state index is 11.8. The highest BCUT2D eigenvalue weighted by molar-refractivity contribution is 9.13. The minimum atomic E-state index is -0.590. The number of nitrogens with one attached hydrogen (secondary N) is 2. The topological polar surface area (TPSA) is 117 Å². The largest absolute Gasteiger partial charge is 0.507 e. The summed E-state index contributed by atoms with van der Waals surface area (Å²) in [5, 5.41) is 27.0. The lowest BCUT2D eigenvalue weighted by atomic mass is 10.2. The highest BCUT2D eigenvalue weighted by Gasteiger charge is 2.09. The SMILES string of the molecule is O=C(CNc1cc(Br)c(Br)cc1Br)N/N=C\c1cc([N+](=O)[O-])ccc1O. The minimum Gasteiger partial charge on any atom is -0.507 e. The van der Waals surface area contributed by atoms with E-state index in [1.807, 2.05) is 6.07 Å². The van der Waals surface area contributed by atoms with E-state index in [-0.39, 0.29) is 23.5 Å². The van der Waals surface area contributed by atoms with Gasteiger partial charge in [-0.2, -0.15) is 5.10 Å². The normalized spacial score (nSPS) is 10.7. The number of anilines is 1. The van der Waals surface area contributed by atoms with Gasteiger partial charge in [-0.15, -0.1) is 0 Å². The van der Waals surface area contributed by atoms with Gasteiger partial charge in [0.25, 0.3) is 11.6 Å². The molecule has 2 aromatic rings. The van der Waals surface area contributed by atoms with E-state index >= 15 is 0 Å². The van der Waals surface area contributed by atoms with Crippen molar-refractivity contribution in [3.8, 4) is 5.75 Å². The Kier molecular flexibility index (Phi) is 7.12. The smallest absolute Gasteiger partial charge is 0.270 e. The molecule has 0 saturated heterocycles. The van der Waals surface area contributed by atoms with Crippen molar-refractivity contribution in [1.82, 2.24) is 5.43 Å². The number of nitro benzene ring substituents is 1. The predicted octanol–water partition coefficient (Wildman–Crippen LogP) is 4.15. The highest BCUT2D eigenvalue weighted by Crippen LogP contribution is 2.32. The molecule has 2 aromatic carbocycles. The van der Waals surface area contributed by atoms with E-state index in [4.69, 9.17) is 0 Å². The summed E-state index contributed by atoms with van der Waals surface area (Å²) in [7, 11) is 0. The molecule has 26 heavy (non-hydrogen) atoms. The lowest BCUT2D eigenvalue weighted by Crippen LogP contribution is -2.26. The second-order valence-electron chi connectivity index (χ2n) is 4.89. The van der Waals surface area contributed by atoms with E-state index in [1.165, 1.54) is 12.1 Å². The third kappa shape index (κ3) is 5.51. The molecule has 0 aromatic heterocycles. The molecule has 0 radical (unpaired) electrons. The number of nitro groups is 1. The molecule has 8 nitrogen and oxygen atoms in total. The Bertz CT molecular complexity index is 889. The van der Waals surface area contributed by atoms with Gasteiger partial charge in [0.05, 0.1) is 23.4 Å². The van der Waals surface area contributed by atoms with Crippen LogP contribution in [0.1, 0.15) is 5.56 Å². The first-order chi connectivity index (χ1) is 12.3. The van der Waals surface area contributed by atoms with Gasteiger partial charge in [-0.05, 0) is 66.0 Å². The Balaban J connectivity index is 1.95. The van der Waals surface area contributed by atoms with Crippen LogP contribution >= 0.6 is 47.8 Å². The summed E-state index contributed by atoms with van der Waals surface area (Å²) >= 11 is 10.1. The number of carbonyl (C=O) groups excluding carboxylic acids is 1. The number of nitrogens with zero attached hydrogens (tertiary/aromatic N) is 2. The number of amides is 1. The number of hydrazone groups is 1. The molecule has 11 heteroatoms. The molecular formula is C15H11Br3N4O4. The number of carbonyl (C=O) groups is 1. The van der Waals surface area contributed by atoms with Crippen molar-refractivity contribution in [2.24, 2.45) is 5.10 Å². The fourth-order valence-corrected chi connectivity index (χ4v) is 3.28. The van der Waals surface area contributed by atoms with Gasteiger partial charge < -0.3 is 10.4 Å². The van der Waals surface area contributed by atoms with Gasteiger partial charge in [-0.3, -0.25) is 14.9 Å². The number of benzene rings is 2. The van der Waals surface area contributed by atoms with Crippen LogP contribution in [0, 0.1) is 10.1 Å². The lowest BCUT2D eigenvalue weighted by Gasteiger charge is -2.09. The molecule has 2 rings (SSSR count). The van der Waals surface area contributed by atoms with Crippen molar-refractivity contribution in [3.63, 3.8) is 0 Å². The quantitative estimate of drug-likeness (QED) is 0.216. The van der Waals surface area contributed by atoms with Crippen LogP contribution < -0.4 is 10.7 Å². The molecule has 0 aliphatic rings. The maximum Gasteiger partial charge on any atom is 0.270 e. The number of hydrogen-bond donors (Lipinski definition) is 3. The van der Waals surface area contributed by atoms with E-state index in [9.17, 15) is 20.0 Å². The number of non-ortho nitro benzene ring substituents is 1. The average molecular weight is 551 g/mol. The summed E-state index contributed by atoms with van der Waals surface area (Å²) in [5.74, 6) is -0.618. The molecule has 0 atom stereocenters. The van der Waals surface area contributed by atoms with Crippen molar-refractivity contribution in [2.45, 2.75) is 0 Å². The first-order valence-corrected chi connectivity index (χ1v) is 9.33. The molecule has 3 N–H and O–H groups in total. The molecular weight excluding hydrogens is 540 g/mol. The first-order valence-electron chi connectivity index (χ1n) is 6.95. The van der Waals surface area contributed by atoms with Crippen LogP contribution in [0.4, 0.5) is 11.4 Å². The molecule has 0 unspecified atom stereocenters. The van der Waals surface area contributed by atoms with Crippen LogP contribution in [0.5, 0.6) is 5.75 Å². The van der Waals surface area contributed by atoms with E-state index < -0.39 is 10.8 Å². The molecule has 0 spiro atoms. The third-order valence-electron chi connectivity index (χ3n) is 3.06. The van der Waals surface area contributed by atoms with Crippen molar-refractivity contribution in [2.75, 3.05) is 11.9 Å². The van der Waals surface area contributed by atoms with Crippen LogP contribution in [0.15, 0.2) is 48.9 Å². The fraction of sp³-hybridized carbons (Fsp3) is 0.0667. The molecule has 1 amide bonds. The molecule has 0 bridgehead atoms.